The molecule has 0 atom stereocenters. The first-order valence-corrected chi connectivity index (χ1v) is 9.52. The van der Waals surface area contributed by atoms with E-state index in [0.29, 0.717) is 17.1 Å². The van der Waals surface area contributed by atoms with Crippen molar-refractivity contribution in [3.8, 4) is 5.75 Å². The molecule has 0 aliphatic heterocycles. The number of benzene rings is 1. The number of hydrazone groups is 1. The van der Waals surface area contributed by atoms with E-state index in [1.54, 1.807) is 17.5 Å². The lowest BCUT2D eigenvalue weighted by molar-refractivity contribution is -0.137. The van der Waals surface area contributed by atoms with Crippen LogP contribution in [0.5, 0.6) is 5.75 Å². The fourth-order valence-electron chi connectivity index (χ4n) is 2.36. The molecule has 3 aromatic rings. The van der Waals surface area contributed by atoms with E-state index in [4.69, 9.17) is 9.15 Å². The largest absolute Gasteiger partial charge is 0.486 e. The molecule has 1 N–H and O–H groups in total. The minimum atomic E-state index is -4.43. The molecule has 1 amide bonds. The Morgan fingerprint density at radius 3 is 2.83 bits per heavy atom. The Morgan fingerprint density at radius 2 is 2.10 bits per heavy atom. The van der Waals surface area contributed by atoms with E-state index >= 15 is 0 Å². The molecule has 0 saturated heterocycles. The average molecular weight is 422 g/mol. The molecule has 2 aromatic heterocycles. The minimum Gasteiger partial charge on any atom is -0.486 e. The summed E-state index contributed by atoms with van der Waals surface area (Å²) in [5.41, 5.74) is 2.17. The van der Waals surface area contributed by atoms with Crippen molar-refractivity contribution in [1.82, 2.24) is 5.43 Å². The van der Waals surface area contributed by atoms with Crippen molar-refractivity contribution in [3.63, 3.8) is 0 Å². The van der Waals surface area contributed by atoms with E-state index in [1.807, 2.05) is 13.0 Å². The van der Waals surface area contributed by atoms with E-state index in [9.17, 15) is 18.0 Å². The van der Waals surface area contributed by atoms with Gasteiger partial charge in [-0.1, -0.05) is 13.0 Å². The van der Waals surface area contributed by atoms with Crippen LogP contribution in [0.25, 0.3) is 0 Å². The third-order valence-electron chi connectivity index (χ3n) is 3.85. The number of halogens is 3. The molecule has 29 heavy (non-hydrogen) atoms. The number of ether oxygens (including phenoxy) is 1. The maximum absolute atomic E-state index is 12.7. The Bertz CT molecular complexity index is 1010. The van der Waals surface area contributed by atoms with Gasteiger partial charge in [0.05, 0.1) is 17.3 Å². The van der Waals surface area contributed by atoms with Crippen LogP contribution in [0.3, 0.4) is 0 Å². The van der Waals surface area contributed by atoms with Crippen LogP contribution in [0.1, 0.15) is 39.2 Å². The van der Waals surface area contributed by atoms with Gasteiger partial charge in [0, 0.05) is 10.3 Å². The first kappa shape index (κ1) is 20.7. The molecule has 0 saturated carbocycles. The topological polar surface area (TPSA) is 63.8 Å². The van der Waals surface area contributed by atoms with Crippen molar-refractivity contribution >= 4 is 23.5 Å². The maximum Gasteiger partial charge on any atom is 0.416 e. The number of aryl methyl sites for hydroxylation is 1. The number of furan rings is 1. The summed E-state index contributed by atoms with van der Waals surface area (Å²) in [6.45, 7) is 1.97. The molecule has 2 heterocycles. The normalized spacial score (nSPS) is 11.7. The van der Waals surface area contributed by atoms with Crippen LogP contribution >= 0.6 is 11.3 Å². The lowest BCUT2D eigenvalue weighted by atomic mass is 10.2. The van der Waals surface area contributed by atoms with Crippen molar-refractivity contribution < 1.29 is 27.1 Å². The summed E-state index contributed by atoms with van der Waals surface area (Å²) in [4.78, 5) is 13.1. The Balaban J connectivity index is 1.53. The van der Waals surface area contributed by atoms with Crippen LogP contribution in [-0.4, -0.2) is 12.1 Å². The molecule has 9 heteroatoms. The summed E-state index contributed by atoms with van der Waals surface area (Å²) in [5.74, 6) is 0.533. The van der Waals surface area contributed by atoms with Gasteiger partial charge in [0.15, 0.2) is 0 Å². The molecule has 0 aliphatic carbocycles. The Kier molecular flexibility index (Phi) is 6.38. The zero-order valence-electron chi connectivity index (χ0n) is 15.3. The number of hydrogen-bond acceptors (Lipinski definition) is 5. The van der Waals surface area contributed by atoms with E-state index in [0.717, 1.165) is 23.4 Å². The fourth-order valence-corrected chi connectivity index (χ4v) is 3.18. The van der Waals surface area contributed by atoms with Crippen LogP contribution in [0.15, 0.2) is 57.4 Å². The molecule has 5 nitrogen and oxygen atoms in total. The van der Waals surface area contributed by atoms with Gasteiger partial charge < -0.3 is 9.15 Å². The lowest BCUT2D eigenvalue weighted by Crippen LogP contribution is -2.16. The molecular weight excluding hydrogens is 405 g/mol. The zero-order valence-corrected chi connectivity index (χ0v) is 16.1. The van der Waals surface area contributed by atoms with Crippen molar-refractivity contribution in [1.29, 1.82) is 0 Å². The van der Waals surface area contributed by atoms with Crippen LogP contribution in [0.2, 0.25) is 0 Å². The van der Waals surface area contributed by atoms with Crippen molar-refractivity contribution in [3.05, 3.63) is 75.4 Å². The molecule has 1 aromatic carbocycles. The number of amides is 1. The Labute approximate surface area is 168 Å². The monoisotopic (exact) mass is 422 g/mol. The van der Waals surface area contributed by atoms with E-state index in [1.165, 1.54) is 29.7 Å². The third-order valence-corrected chi connectivity index (χ3v) is 4.93. The summed E-state index contributed by atoms with van der Waals surface area (Å²) in [6.07, 6.45) is -2.24. The van der Waals surface area contributed by atoms with Crippen molar-refractivity contribution in [2.75, 3.05) is 0 Å². The number of nitrogens with one attached hydrogen (secondary N) is 1. The first-order valence-electron chi connectivity index (χ1n) is 8.64. The summed E-state index contributed by atoms with van der Waals surface area (Å²) in [7, 11) is 0. The van der Waals surface area contributed by atoms with Gasteiger partial charge >= 0.3 is 6.18 Å². The Morgan fingerprint density at radius 1 is 1.28 bits per heavy atom. The highest BCUT2D eigenvalue weighted by molar-refractivity contribution is 7.10. The second-order valence-corrected chi connectivity index (χ2v) is 6.97. The number of alkyl halides is 3. The lowest BCUT2D eigenvalue weighted by Gasteiger charge is -2.09. The van der Waals surface area contributed by atoms with Gasteiger partial charge in [0.1, 0.15) is 23.9 Å². The number of carbonyl (C=O) groups is 1. The van der Waals surface area contributed by atoms with Gasteiger partial charge in [0.25, 0.3) is 5.91 Å². The second kappa shape index (κ2) is 8.95. The van der Waals surface area contributed by atoms with E-state index in [2.05, 4.69) is 10.5 Å². The molecule has 0 fully saturated rings. The minimum absolute atomic E-state index is 0.0454. The molecule has 0 spiro atoms. The average Bonchev–Trinajstić information content (AvgIpc) is 3.35. The highest BCUT2D eigenvalue weighted by atomic mass is 32.1. The summed E-state index contributed by atoms with van der Waals surface area (Å²) < 4.78 is 49.0. The SMILES string of the molecule is CCc1cc(C(=O)N/N=C\c2ccc(COc3cccc(C(F)(F)F)c3)o2)cs1. The van der Waals surface area contributed by atoms with Gasteiger partial charge in [-0.05, 0) is 42.8 Å². The number of thiophene rings is 1. The predicted molar refractivity (Wildman–Crippen MR) is 103 cm³/mol. The molecular formula is C20H17F3N2O3S. The van der Waals surface area contributed by atoms with Gasteiger partial charge in [-0.25, -0.2) is 5.43 Å². The predicted octanol–water partition coefficient (Wildman–Crippen LogP) is 5.27. The molecule has 0 radical (unpaired) electrons. The maximum atomic E-state index is 12.7. The number of nitrogens with zero attached hydrogens (tertiary/aromatic N) is 1. The van der Waals surface area contributed by atoms with Crippen LogP contribution < -0.4 is 10.2 Å². The summed E-state index contributed by atoms with van der Waals surface area (Å²) in [6, 6.07) is 9.65. The summed E-state index contributed by atoms with van der Waals surface area (Å²) in [5, 5.41) is 5.61. The Hall–Kier alpha value is -3.07. The number of hydrogen-bond donors (Lipinski definition) is 1. The summed E-state index contributed by atoms with van der Waals surface area (Å²) >= 11 is 1.51. The van der Waals surface area contributed by atoms with Crippen LogP contribution in [0.4, 0.5) is 13.2 Å². The van der Waals surface area contributed by atoms with E-state index < -0.39 is 11.7 Å². The molecule has 0 unspecified atom stereocenters. The van der Waals surface area contributed by atoms with Crippen LogP contribution in [-0.2, 0) is 19.2 Å². The van der Waals surface area contributed by atoms with Gasteiger partial charge in [-0.3, -0.25) is 4.79 Å². The highest BCUT2D eigenvalue weighted by Gasteiger charge is 2.30. The first-order chi connectivity index (χ1) is 13.8. The van der Waals surface area contributed by atoms with Crippen molar-refractivity contribution in [2.45, 2.75) is 26.1 Å². The molecule has 0 aliphatic rings. The van der Waals surface area contributed by atoms with Crippen molar-refractivity contribution in [2.24, 2.45) is 5.10 Å². The van der Waals surface area contributed by atoms with Crippen LogP contribution in [0, 0.1) is 0 Å². The molecule has 3 rings (SSSR count). The van der Waals surface area contributed by atoms with E-state index in [-0.39, 0.29) is 18.3 Å². The fraction of sp³-hybridized carbons (Fsp3) is 0.200. The quantitative estimate of drug-likeness (QED) is 0.417. The second-order valence-electron chi connectivity index (χ2n) is 5.97. The highest BCUT2D eigenvalue weighted by Crippen LogP contribution is 2.31. The van der Waals surface area contributed by atoms with Gasteiger partial charge in [-0.2, -0.15) is 18.3 Å². The molecule has 0 bridgehead atoms. The van der Waals surface area contributed by atoms with Gasteiger partial charge in [-0.15, -0.1) is 11.3 Å². The molecule has 152 valence electrons. The number of rotatable bonds is 7. The zero-order chi connectivity index (χ0) is 20.9. The smallest absolute Gasteiger partial charge is 0.416 e. The standard InChI is InChI=1S/C20H17F3N2O3S/c1-2-18-8-13(12-29-18)19(26)25-24-10-16-6-7-17(28-16)11-27-15-5-3-4-14(9-15)20(21,22)23/h3-10,12H,2,11H2,1H3,(H,25,26)/b24-10-. The van der Waals surface area contributed by atoms with Gasteiger partial charge in [0.2, 0.25) is 0 Å². The number of carbonyl (C=O) groups excluding carboxylic acids is 1. The third kappa shape index (κ3) is 5.71.